The third-order valence-electron chi connectivity index (χ3n) is 3.92. The number of nitrogens with zero attached hydrogens (tertiary/aromatic N) is 1. The van der Waals surface area contributed by atoms with Gasteiger partial charge < -0.3 is 10.2 Å². The summed E-state index contributed by atoms with van der Waals surface area (Å²) in [6, 6.07) is 14.7. The summed E-state index contributed by atoms with van der Waals surface area (Å²) in [6.07, 6.45) is 0.481. The molecule has 1 amide bonds. The van der Waals surface area contributed by atoms with E-state index in [9.17, 15) is 4.79 Å². The normalized spacial score (nSPS) is 15.2. The Labute approximate surface area is 113 Å². The number of amides is 1. The Kier molecular flexibility index (Phi) is 3.22. The lowest BCUT2D eigenvalue weighted by molar-refractivity contribution is -0.132. The molecule has 1 heterocycles. The number of hydrogen-bond acceptors (Lipinski definition) is 2. The largest absolute Gasteiger partial charge is 0.340 e. The standard InChI is InChI=1S/C16H18N2O/c1-18(14-10-17-11-14)16(19)9-13-7-4-6-12-5-2-3-8-15(12)13/h2-8,14,17H,9-11H2,1H3. The molecule has 1 aliphatic rings. The molecular weight excluding hydrogens is 236 g/mol. The molecule has 0 unspecified atom stereocenters. The number of hydrogen-bond donors (Lipinski definition) is 1. The highest BCUT2D eigenvalue weighted by Crippen LogP contribution is 2.19. The summed E-state index contributed by atoms with van der Waals surface area (Å²) < 4.78 is 0. The number of carbonyl (C=O) groups excluding carboxylic acids is 1. The smallest absolute Gasteiger partial charge is 0.227 e. The molecule has 3 rings (SSSR count). The van der Waals surface area contributed by atoms with Crippen LogP contribution in [0.15, 0.2) is 42.5 Å². The van der Waals surface area contributed by atoms with Crippen molar-refractivity contribution in [3.63, 3.8) is 0 Å². The highest BCUT2D eigenvalue weighted by atomic mass is 16.2. The van der Waals surface area contributed by atoms with Gasteiger partial charge in [0.05, 0.1) is 12.5 Å². The Bertz CT molecular complexity index is 599. The van der Waals surface area contributed by atoms with Crippen LogP contribution in [0.3, 0.4) is 0 Å². The Morgan fingerprint density at radius 2 is 1.95 bits per heavy atom. The van der Waals surface area contributed by atoms with Gasteiger partial charge in [-0.2, -0.15) is 0 Å². The fraction of sp³-hybridized carbons (Fsp3) is 0.312. The van der Waals surface area contributed by atoms with Gasteiger partial charge in [0.15, 0.2) is 0 Å². The van der Waals surface area contributed by atoms with Crippen LogP contribution in [0.1, 0.15) is 5.56 Å². The van der Waals surface area contributed by atoms with E-state index in [4.69, 9.17) is 0 Å². The van der Waals surface area contributed by atoms with Crippen LogP contribution >= 0.6 is 0 Å². The van der Waals surface area contributed by atoms with E-state index in [2.05, 4.69) is 23.5 Å². The molecular formula is C16H18N2O. The summed E-state index contributed by atoms with van der Waals surface area (Å²) in [6.45, 7) is 1.83. The molecule has 0 aliphatic carbocycles. The van der Waals surface area contributed by atoms with Crippen molar-refractivity contribution in [2.24, 2.45) is 0 Å². The molecule has 0 saturated carbocycles. The van der Waals surface area contributed by atoms with Crippen LogP contribution in [-0.4, -0.2) is 37.0 Å². The van der Waals surface area contributed by atoms with Gasteiger partial charge in [0.1, 0.15) is 0 Å². The van der Waals surface area contributed by atoms with Crippen LogP contribution in [0.5, 0.6) is 0 Å². The molecule has 1 N–H and O–H groups in total. The van der Waals surface area contributed by atoms with E-state index >= 15 is 0 Å². The quantitative estimate of drug-likeness (QED) is 0.906. The maximum Gasteiger partial charge on any atom is 0.227 e. The summed E-state index contributed by atoms with van der Waals surface area (Å²) >= 11 is 0. The third kappa shape index (κ3) is 2.34. The van der Waals surface area contributed by atoms with Crippen LogP contribution in [0.4, 0.5) is 0 Å². The maximum atomic E-state index is 12.3. The Hall–Kier alpha value is -1.87. The number of carbonyl (C=O) groups is 1. The molecule has 3 nitrogen and oxygen atoms in total. The van der Waals surface area contributed by atoms with E-state index in [1.807, 2.05) is 36.2 Å². The first kappa shape index (κ1) is 12.2. The average Bonchev–Trinajstić information content (AvgIpc) is 2.37. The van der Waals surface area contributed by atoms with Crippen molar-refractivity contribution in [2.45, 2.75) is 12.5 Å². The van der Waals surface area contributed by atoms with Crippen LogP contribution in [0, 0.1) is 0 Å². The second-order valence-corrected chi connectivity index (χ2v) is 5.13. The summed E-state index contributed by atoms with van der Waals surface area (Å²) in [7, 11) is 1.90. The Morgan fingerprint density at radius 1 is 1.21 bits per heavy atom. The van der Waals surface area contributed by atoms with Crippen LogP contribution in [-0.2, 0) is 11.2 Å². The van der Waals surface area contributed by atoms with E-state index in [-0.39, 0.29) is 5.91 Å². The highest BCUT2D eigenvalue weighted by Gasteiger charge is 2.25. The molecule has 2 aromatic rings. The van der Waals surface area contributed by atoms with Gasteiger partial charge in [0.2, 0.25) is 5.91 Å². The van der Waals surface area contributed by atoms with Gasteiger partial charge in [0, 0.05) is 20.1 Å². The van der Waals surface area contributed by atoms with Crippen molar-refractivity contribution in [3.05, 3.63) is 48.0 Å². The van der Waals surface area contributed by atoms with Gasteiger partial charge in [-0.15, -0.1) is 0 Å². The molecule has 1 saturated heterocycles. The lowest BCUT2D eigenvalue weighted by Gasteiger charge is -2.35. The first-order valence-electron chi connectivity index (χ1n) is 6.69. The predicted octanol–water partition coefficient (Wildman–Crippen LogP) is 1.81. The van der Waals surface area contributed by atoms with Crippen molar-refractivity contribution >= 4 is 16.7 Å². The number of likely N-dealkylation sites (N-methyl/N-ethyl adjacent to an activating group) is 1. The molecule has 19 heavy (non-hydrogen) atoms. The monoisotopic (exact) mass is 254 g/mol. The SMILES string of the molecule is CN(C(=O)Cc1cccc2ccccc12)C1CNC1. The van der Waals surface area contributed by atoms with Crippen molar-refractivity contribution in [1.82, 2.24) is 10.2 Å². The zero-order valence-corrected chi connectivity index (χ0v) is 11.1. The van der Waals surface area contributed by atoms with E-state index in [1.165, 1.54) is 10.8 Å². The minimum Gasteiger partial charge on any atom is -0.340 e. The molecule has 0 bridgehead atoms. The molecule has 1 aliphatic heterocycles. The lowest BCUT2D eigenvalue weighted by Crippen LogP contribution is -2.57. The van der Waals surface area contributed by atoms with E-state index in [1.54, 1.807) is 0 Å². The van der Waals surface area contributed by atoms with Crippen molar-refractivity contribution < 1.29 is 4.79 Å². The lowest BCUT2D eigenvalue weighted by atomic mass is 10.0. The number of rotatable bonds is 3. The molecule has 1 fully saturated rings. The zero-order chi connectivity index (χ0) is 13.2. The zero-order valence-electron chi connectivity index (χ0n) is 11.1. The van der Waals surface area contributed by atoms with Crippen LogP contribution < -0.4 is 5.32 Å². The predicted molar refractivity (Wildman–Crippen MR) is 77.1 cm³/mol. The molecule has 3 heteroatoms. The summed E-state index contributed by atoms with van der Waals surface area (Å²) in [5.41, 5.74) is 1.11. The van der Waals surface area contributed by atoms with Gasteiger partial charge in [-0.3, -0.25) is 4.79 Å². The molecule has 2 aromatic carbocycles. The topological polar surface area (TPSA) is 32.3 Å². The van der Waals surface area contributed by atoms with E-state index in [0.29, 0.717) is 12.5 Å². The van der Waals surface area contributed by atoms with Gasteiger partial charge >= 0.3 is 0 Å². The van der Waals surface area contributed by atoms with Gasteiger partial charge in [-0.1, -0.05) is 42.5 Å². The molecule has 0 spiro atoms. The van der Waals surface area contributed by atoms with Gasteiger partial charge in [-0.25, -0.2) is 0 Å². The summed E-state index contributed by atoms with van der Waals surface area (Å²) in [4.78, 5) is 14.2. The first-order valence-corrected chi connectivity index (χ1v) is 6.69. The summed E-state index contributed by atoms with van der Waals surface area (Å²) in [5, 5.41) is 5.57. The second kappa shape index (κ2) is 5.02. The molecule has 0 radical (unpaired) electrons. The number of benzene rings is 2. The highest BCUT2D eigenvalue weighted by molar-refractivity contribution is 5.90. The average molecular weight is 254 g/mol. The molecule has 0 aromatic heterocycles. The van der Waals surface area contributed by atoms with Gasteiger partial charge in [0.25, 0.3) is 0 Å². The van der Waals surface area contributed by atoms with Crippen LogP contribution in [0.25, 0.3) is 10.8 Å². The number of fused-ring (bicyclic) bond motifs is 1. The van der Waals surface area contributed by atoms with Gasteiger partial charge in [-0.05, 0) is 16.3 Å². The van der Waals surface area contributed by atoms with Crippen molar-refractivity contribution in [3.8, 4) is 0 Å². The van der Waals surface area contributed by atoms with E-state index < -0.39 is 0 Å². The Balaban J connectivity index is 1.82. The minimum atomic E-state index is 0.197. The first-order chi connectivity index (χ1) is 9.25. The van der Waals surface area contributed by atoms with Crippen molar-refractivity contribution in [1.29, 1.82) is 0 Å². The Morgan fingerprint density at radius 3 is 2.68 bits per heavy atom. The minimum absolute atomic E-state index is 0.197. The van der Waals surface area contributed by atoms with Crippen molar-refractivity contribution in [2.75, 3.05) is 20.1 Å². The second-order valence-electron chi connectivity index (χ2n) is 5.13. The van der Waals surface area contributed by atoms with Crippen LogP contribution in [0.2, 0.25) is 0 Å². The number of nitrogens with one attached hydrogen (secondary N) is 1. The fourth-order valence-electron chi connectivity index (χ4n) is 2.49. The third-order valence-corrected chi connectivity index (χ3v) is 3.92. The molecule has 98 valence electrons. The van der Waals surface area contributed by atoms with E-state index in [0.717, 1.165) is 18.7 Å². The molecule has 0 atom stereocenters. The fourth-order valence-corrected chi connectivity index (χ4v) is 2.49. The maximum absolute atomic E-state index is 12.3. The summed E-state index contributed by atoms with van der Waals surface area (Å²) in [5.74, 6) is 0.197.